The summed E-state index contributed by atoms with van der Waals surface area (Å²) in [6, 6.07) is 15.0. The Balaban J connectivity index is 1.58. The van der Waals surface area contributed by atoms with E-state index < -0.39 is 23.5 Å². The molecule has 0 aliphatic carbocycles. The smallest absolute Gasteiger partial charge is 0.282 e. The molecule has 3 aromatic rings. The largest absolute Gasteiger partial charge is 0.457 e. The van der Waals surface area contributed by atoms with Crippen LogP contribution in [0.15, 0.2) is 70.7 Å². The van der Waals surface area contributed by atoms with E-state index in [0.717, 1.165) is 5.01 Å². The second-order valence-electron chi connectivity index (χ2n) is 6.26. The number of nitrogens with two attached hydrogens (primary N) is 1. The fraction of sp³-hybridized carbons (Fsp3) is 0. The topological polar surface area (TPSA) is 106 Å². The highest BCUT2D eigenvalue weighted by molar-refractivity contribution is 6.31. The number of nitrogens with one attached hydrogen (secondary N) is 1. The first-order chi connectivity index (χ1) is 13.9. The standard InChI is InChI=1S/C21H14FN3O4/c22-14-5-7-15(8-6-14)25-21(28)17(20(27)24-25)11-16-9-10-18(29-16)12-1-3-13(4-2-12)19(23)26/h1-11H,(H2,23,26)(H,24,27)/b17-11+. The number of hydrogen-bond donors (Lipinski definition) is 2. The predicted octanol–water partition coefficient (Wildman–Crippen LogP) is 2.65. The molecule has 3 amide bonds. The minimum absolute atomic E-state index is 0.112. The molecule has 1 aliphatic rings. The monoisotopic (exact) mass is 391 g/mol. The first kappa shape index (κ1) is 18.2. The Morgan fingerprint density at radius 3 is 2.34 bits per heavy atom. The highest BCUT2D eigenvalue weighted by Crippen LogP contribution is 2.26. The van der Waals surface area contributed by atoms with Crippen molar-refractivity contribution in [2.75, 3.05) is 5.01 Å². The highest BCUT2D eigenvalue weighted by atomic mass is 19.1. The Bertz CT molecular complexity index is 1150. The van der Waals surface area contributed by atoms with Gasteiger partial charge in [-0.2, -0.15) is 0 Å². The van der Waals surface area contributed by atoms with Gasteiger partial charge in [-0.05, 0) is 54.6 Å². The van der Waals surface area contributed by atoms with Gasteiger partial charge in [0.1, 0.15) is 22.9 Å². The molecule has 2 aromatic carbocycles. The maximum Gasteiger partial charge on any atom is 0.282 e. The molecule has 2 heterocycles. The van der Waals surface area contributed by atoms with E-state index in [9.17, 15) is 18.8 Å². The third-order valence-corrected chi connectivity index (χ3v) is 4.34. The molecule has 144 valence electrons. The first-order valence-corrected chi connectivity index (χ1v) is 8.55. The van der Waals surface area contributed by atoms with Gasteiger partial charge in [0.25, 0.3) is 11.8 Å². The van der Waals surface area contributed by atoms with Crippen LogP contribution in [-0.2, 0) is 9.59 Å². The molecule has 0 unspecified atom stereocenters. The Hall–Kier alpha value is -4.20. The maximum absolute atomic E-state index is 13.1. The summed E-state index contributed by atoms with van der Waals surface area (Å²) in [7, 11) is 0. The molecular weight excluding hydrogens is 377 g/mol. The second-order valence-corrected chi connectivity index (χ2v) is 6.26. The summed E-state index contributed by atoms with van der Waals surface area (Å²) in [5.74, 6) is -1.35. The maximum atomic E-state index is 13.1. The van der Waals surface area contributed by atoms with Crippen LogP contribution >= 0.6 is 0 Å². The van der Waals surface area contributed by atoms with E-state index in [-0.39, 0.29) is 5.57 Å². The zero-order valence-electron chi connectivity index (χ0n) is 14.9. The number of hydrazine groups is 1. The Morgan fingerprint density at radius 2 is 1.69 bits per heavy atom. The lowest BCUT2D eigenvalue weighted by atomic mass is 10.1. The Kier molecular flexibility index (Phi) is 4.44. The average Bonchev–Trinajstić information content (AvgIpc) is 3.29. The number of anilines is 1. The van der Waals surface area contributed by atoms with Gasteiger partial charge < -0.3 is 10.2 Å². The fourth-order valence-electron chi connectivity index (χ4n) is 2.86. The molecule has 0 spiro atoms. The number of rotatable bonds is 4. The molecule has 0 atom stereocenters. The summed E-state index contributed by atoms with van der Waals surface area (Å²) in [6.07, 6.45) is 1.34. The van der Waals surface area contributed by atoms with Crippen molar-refractivity contribution < 1.29 is 23.2 Å². The average molecular weight is 391 g/mol. The molecular formula is C21H14FN3O4. The molecule has 1 aliphatic heterocycles. The normalized spacial score (nSPS) is 15.1. The van der Waals surface area contributed by atoms with Crippen molar-refractivity contribution in [3.8, 4) is 11.3 Å². The number of furan rings is 1. The number of carbonyl (C=O) groups is 3. The summed E-state index contributed by atoms with van der Waals surface area (Å²) < 4.78 is 18.8. The van der Waals surface area contributed by atoms with Gasteiger partial charge in [0, 0.05) is 11.1 Å². The number of carbonyl (C=O) groups excluding carboxylic acids is 3. The number of nitrogens with zero attached hydrogens (tertiary/aromatic N) is 1. The van der Waals surface area contributed by atoms with Gasteiger partial charge in [-0.3, -0.25) is 19.8 Å². The van der Waals surface area contributed by atoms with Crippen LogP contribution in [0.4, 0.5) is 10.1 Å². The number of halogens is 1. The lowest BCUT2D eigenvalue weighted by Gasteiger charge is -2.14. The molecule has 1 saturated heterocycles. The van der Waals surface area contributed by atoms with Crippen molar-refractivity contribution >= 4 is 29.5 Å². The summed E-state index contributed by atoms with van der Waals surface area (Å²) in [5, 5.41) is 1.04. The van der Waals surface area contributed by atoms with E-state index in [1.54, 1.807) is 36.4 Å². The molecule has 1 fully saturated rings. The van der Waals surface area contributed by atoms with Crippen molar-refractivity contribution in [1.29, 1.82) is 0 Å². The molecule has 8 heteroatoms. The summed E-state index contributed by atoms with van der Waals surface area (Å²) in [4.78, 5) is 35.9. The predicted molar refractivity (Wildman–Crippen MR) is 103 cm³/mol. The quantitative estimate of drug-likeness (QED) is 0.527. The number of primary amides is 1. The lowest BCUT2D eigenvalue weighted by molar-refractivity contribution is -0.117. The first-order valence-electron chi connectivity index (χ1n) is 8.55. The van der Waals surface area contributed by atoms with E-state index in [1.807, 2.05) is 0 Å². The van der Waals surface area contributed by atoms with Gasteiger partial charge in [-0.15, -0.1) is 0 Å². The fourth-order valence-corrected chi connectivity index (χ4v) is 2.86. The second kappa shape index (κ2) is 7.08. The Labute approximate surface area is 164 Å². The highest BCUT2D eigenvalue weighted by Gasteiger charge is 2.34. The number of benzene rings is 2. The third kappa shape index (κ3) is 3.51. The zero-order valence-corrected chi connectivity index (χ0v) is 14.9. The van der Waals surface area contributed by atoms with Gasteiger partial charge in [-0.1, -0.05) is 12.1 Å². The van der Waals surface area contributed by atoms with E-state index >= 15 is 0 Å². The summed E-state index contributed by atoms with van der Waals surface area (Å²) >= 11 is 0. The summed E-state index contributed by atoms with van der Waals surface area (Å²) in [6.45, 7) is 0. The number of amides is 3. The van der Waals surface area contributed by atoms with Crippen LogP contribution in [0.1, 0.15) is 16.1 Å². The van der Waals surface area contributed by atoms with E-state index in [4.69, 9.17) is 10.2 Å². The van der Waals surface area contributed by atoms with Crippen LogP contribution < -0.4 is 16.2 Å². The summed E-state index contributed by atoms with van der Waals surface area (Å²) in [5.41, 5.74) is 8.96. The Morgan fingerprint density at radius 1 is 1.00 bits per heavy atom. The van der Waals surface area contributed by atoms with Gasteiger partial charge in [0.15, 0.2) is 0 Å². The lowest BCUT2D eigenvalue weighted by Crippen LogP contribution is -2.35. The van der Waals surface area contributed by atoms with E-state index in [0.29, 0.717) is 28.3 Å². The van der Waals surface area contributed by atoms with Crippen molar-refractivity contribution in [3.63, 3.8) is 0 Å². The van der Waals surface area contributed by atoms with Gasteiger partial charge in [0.05, 0.1) is 5.69 Å². The van der Waals surface area contributed by atoms with Crippen LogP contribution in [0.25, 0.3) is 17.4 Å². The van der Waals surface area contributed by atoms with Crippen molar-refractivity contribution in [3.05, 3.63) is 83.4 Å². The van der Waals surface area contributed by atoms with Crippen LogP contribution in [-0.4, -0.2) is 17.7 Å². The SMILES string of the molecule is NC(=O)c1ccc(-c2ccc(/C=C3\C(=O)NN(c4ccc(F)cc4)C3=O)o2)cc1. The molecule has 4 rings (SSSR count). The zero-order chi connectivity index (χ0) is 20.5. The van der Waals surface area contributed by atoms with Crippen LogP contribution in [0.3, 0.4) is 0 Å². The van der Waals surface area contributed by atoms with E-state index in [2.05, 4.69) is 5.43 Å². The molecule has 1 aromatic heterocycles. The minimum atomic E-state index is -0.594. The van der Waals surface area contributed by atoms with Crippen LogP contribution in [0.2, 0.25) is 0 Å². The molecule has 0 bridgehead atoms. The van der Waals surface area contributed by atoms with Crippen molar-refractivity contribution in [2.24, 2.45) is 5.73 Å². The van der Waals surface area contributed by atoms with Gasteiger partial charge >= 0.3 is 0 Å². The van der Waals surface area contributed by atoms with Crippen molar-refractivity contribution in [2.45, 2.75) is 0 Å². The molecule has 0 radical (unpaired) electrons. The molecule has 29 heavy (non-hydrogen) atoms. The minimum Gasteiger partial charge on any atom is -0.457 e. The van der Waals surface area contributed by atoms with Crippen LogP contribution in [0.5, 0.6) is 0 Å². The molecule has 7 nitrogen and oxygen atoms in total. The third-order valence-electron chi connectivity index (χ3n) is 4.34. The molecule has 0 saturated carbocycles. The number of hydrogen-bond acceptors (Lipinski definition) is 4. The van der Waals surface area contributed by atoms with Crippen molar-refractivity contribution in [1.82, 2.24) is 5.43 Å². The van der Waals surface area contributed by atoms with Crippen LogP contribution in [0, 0.1) is 5.82 Å². The van der Waals surface area contributed by atoms with Gasteiger partial charge in [0.2, 0.25) is 5.91 Å². The van der Waals surface area contributed by atoms with Gasteiger partial charge in [-0.25, -0.2) is 9.40 Å². The molecule has 3 N–H and O–H groups in total. The van der Waals surface area contributed by atoms with E-state index in [1.165, 1.54) is 30.3 Å².